The molecule has 2 atom stereocenters. The number of likely N-dealkylation sites (tertiary alicyclic amines) is 1. The van der Waals surface area contributed by atoms with Crippen LogP contribution >= 0.6 is 0 Å². The molecule has 1 aliphatic rings. The van der Waals surface area contributed by atoms with Crippen LogP contribution in [0.15, 0.2) is 0 Å². The second-order valence-electron chi connectivity index (χ2n) is 3.18. The molecule has 0 N–H and O–H groups in total. The van der Waals surface area contributed by atoms with Gasteiger partial charge in [-0.25, -0.2) is 0 Å². The maximum atomic E-state index is 2.40. The standard InChI is InChI=1S/C7H15N.C2H6/c1-6-4-8(3)5-7(6)2;1-2/h6-7H,4-5H2,1-3H3;1-2H3. The molecule has 1 heterocycles. The van der Waals surface area contributed by atoms with Crippen LogP contribution in [0.25, 0.3) is 0 Å². The van der Waals surface area contributed by atoms with Gasteiger partial charge in [0.2, 0.25) is 0 Å². The van der Waals surface area contributed by atoms with E-state index in [1.54, 1.807) is 0 Å². The van der Waals surface area contributed by atoms with E-state index in [1.807, 2.05) is 13.8 Å². The van der Waals surface area contributed by atoms with Gasteiger partial charge in [-0.2, -0.15) is 0 Å². The Hall–Kier alpha value is -0.0400. The van der Waals surface area contributed by atoms with Crippen LogP contribution in [0.2, 0.25) is 0 Å². The van der Waals surface area contributed by atoms with E-state index in [1.165, 1.54) is 13.1 Å². The van der Waals surface area contributed by atoms with Gasteiger partial charge < -0.3 is 4.90 Å². The van der Waals surface area contributed by atoms with Gasteiger partial charge in [0.25, 0.3) is 0 Å². The Morgan fingerprint density at radius 3 is 1.40 bits per heavy atom. The average molecular weight is 143 g/mol. The second kappa shape index (κ2) is 4.73. The fourth-order valence-electron chi connectivity index (χ4n) is 1.42. The minimum Gasteiger partial charge on any atom is -0.306 e. The van der Waals surface area contributed by atoms with Gasteiger partial charge in [0, 0.05) is 13.1 Å². The van der Waals surface area contributed by atoms with Crippen LogP contribution in [-0.2, 0) is 0 Å². The summed E-state index contributed by atoms with van der Waals surface area (Å²) in [5, 5.41) is 0. The largest absolute Gasteiger partial charge is 0.306 e. The van der Waals surface area contributed by atoms with E-state index in [4.69, 9.17) is 0 Å². The lowest BCUT2D eigenvalue weighted by molar-refractivity contribution is 0.398. The lowest BCUT2D eigenvalue weighted by atomic mass is 10.0. The Bertz CT molecular complexity index is 70.8. The summed E-state index contributed by atoms with van der Waals surface area (Å²) in [6.07, 6.45) is 0. The van der Waals surface area contributed by atoms with Crippen LogP contribution in [0.4, 0.5) is 0 Å². The molecule has 1 aliphatic heterocycles. The average Bonchev–Trinajstić information content (AvgIpc) is 2.16. The molecule has 0 saturated carbocycles. The van der Waals surface area contributed by atoms with E-state index >= 15 is 0 Å². The molecular formula is C9H21N. The summed E-state index contributed by atoms with van der Waals surface area (Å²) < 4.78 is 0. The summed E-state index contributed by atoms with van der Waals surface area (Å²) in [5.41, 5.74) is 0. The molecule has 1 fully saturated rings. The summed E-state index contributed by atoms with van der Waals surface area (Å²) >= 11 is 0. The van der Waals surface area contributed by atoms with Gasteiger partial charge in [0.1, 0.15) is 0 Å². The molecule has 62 valence electrons. The van der Waals surface area contributed by atoms with Crippen LogP contribution in [-0.4, -0.2) is 25.0 Å². The first kappa shape index (κ1) is 9.96. The first-order chi connectivity index (χ1) is 4.70. The predicted molar refractivity (Wildman–Crippen MR) is 47.2 cm³/mol. The van der Waals surface area contributed by atoms with Gasteiger partial charge in [0.05, 0.1) is 0 Å². The van der Waals surface area contributed by atoms with E-state index in [0.717, 1.165) is 11.8 Å². The van der Waals surface area contributed by atoms with Crippen LogP contribution in [0.1, 0.15) is 27.7 Å². The van der Waals surface area contributed by atoms with Crippen LogP contribution in [0.3, 0.4) is 0 Å². The number of hydrogen-bond donors (Lipinski definition) is 0. The molecule has 1 rings (SSSR count). The van der Waals surface area contributed by atoms with E-state index in [9.17, 15) is 0 Å². The van der Waals surface area contributed by atoms with Crippen molar-refractivity contribution in [3.8, 4) is 0 Å². The molecule has 0 aromatic rings. The highest BCUT2D eigenvalue weighted by molar-refractivity contribution is 4.75. The molecular weight excluding hydrogens is 122 g/mol. The van der Waals surface area contributed by atoms with Crippen molar-refractivity contribution in [2.45, 2.75) is 27.7 Å². The molecule has 1 saturated heterocycles. The van der Waals surface area contributed by atoms with E-state index < -0.39 is 0 Å². The third-order valence-electron chi connectivity index (χ3n) is 2.17. The molecule has 0 radical (unpaired) electrons. The summed E-state index contributed by atoms with van der Waals surface area (Å²) in [6.45, 7) is 11.2. The van der Waals surface area contributed by atoms with Crippen molar-refractivity contribution in [3.05, 3.63) is 0 Å². The SMILES string of the molecule is CC.CC1CN(C)CC1C. The Labute approximate surface area is 65.4 Å². The monoisotopic (exact) mass is 143 g/mol. The molecule has 0 spiro atoms. The topological polar surface area (TPSA) is 3.24 Å². The summed E-state index contributed by atoms with van der Waals surface area (Å²) in [4.78, 5) is 2.40. The first-order valence-corrected chi connectivity index (χ1v) is 4.38. The quantitative estimate of drug-likeness (QED) is 0.502. The molecule has 0 bridgehead atoms. The van der Waals surface area contributed by atoms with Gasteiger partial charge in [-0.1, -0.05) is 27.7 Å². The fraction of sp³-hybridized carbons (Fsp3) is 1.00. The molecule has 10 heavy (non-hydrogen) atoms. The highest BCUT2D eigenvalue weighted by Crippen LogP contribution is 2.19. The smallest absolute Gasteiger partial charge is 0.000711 e. The predicted octanol–water partition coefficient (Wildman–Crippen LogP) is 2.23. The molecule has 0 aromatic carbocycles. The van der Waals surface area contributed by atoms with Crippen molar-refractivity contribution in [1.82, 2.24) is 4.90 Å². The lowest BCUT2D eigenvalue weighted by Crippen LogP contribution is -2.13. The van der Waals surface area contributed by atoms with Crippen LogP contribution in [0.5, 0.6) is 0 Å². The minimum absolute atomic E-state index is 0.917. The summed E-state index contributed by atoms with van der Waals surface area (Å²) in [7, 11) is 2.19. The van der Waals surface area contributed by atoms with Crippen molar-refractivity contribution in [1.29, 1.82) is 0 Å². The highest BCUT2D eigenvalue weighted by atomic mass is 15.1. The van der Waals surface area contributed by atoms with Crippen LogP contribution < -0.4 is 0 Å². The molecule has 0 aromatic heterocycles. The Balaban J connectivity index is 0.000000371. The van der Waals surface area contributed by atoms with Crippen molar-refractivity contribution in [2.75, 3.05) is 20.1 Å². The maximum Gasteiger partial charge on any atom is 0.000711 e. The fourth-order valence-corrected chi connectivity index (χ4v) is 1.42. The molecule has 0 aliphatic carbocycles. The van der Waals surface area contributed by atoms with Gasteiger partial charge in [0.15, 0.2) is 0 Å². The Kier molecular flexibility index (Phi) is 4.71. The van der Waals surface area contributed by atoms with Gasteiger partial charge in [-0.3, -0.25) is 0 Å². The van der Waals surface area contributed by atoms with Crippen molar-refractivity contribution < 1.29 is 0 Å². The summed E-state index contributed by atoms with van der Waals surface area (Å²) in [5.74, 6) is 1.83. The maximum absolute atomic E-state index is 2.40. The zero-order valence-corrected chi connectivity index (χ0v) is 8.02. The molecule has 1 nitrogen and oxygen atoms in total. The van der Waals surface area contributed by atoms with E-state index in [0.29, 0.717) is 0 Å². The zero-order valence-electron chi connectivity index (χ0n) is 8.02. The second-order valence-corrected chi connectivity index (χ2v) is 3.18. The third-order valence-corrected chi connectivity index (χ3v) is 2.17. The minimum atomic E-state index is 0.917. The number of nitrogens with zero attached hydrogens (tertiary/aromatic N) is 1. The highest BCUT2D eigenvalue weighted by Gasteiger charge is 2.22. The van der Waals surface area contributed by atoms with Crippen molar-refractivity contribution >= 4 is 0 Å². The number of rotatable bonds is 0. The number of hydrogen-bond acceptors (Lipinski definition) is 1. The van der Waals surface area contributed by atoms with Crippen molar-refractivity contribution in [3.63, 3.8) is 0 Å². The first-order valence-electron chi connectivity index (χ1n) is 4.38. The van der Waals surface area contributed by atoms with Gasteiger partial charge >= 0.3 is 0 Å². The normalized spacial score (nSPS) is 33.3. The third kappa shape index (κ3) is 2.70. The summed E-state index contributed by atoms with van der Waals surface area (Å²) in [6, 6.07) is 0. The van der Waals surface area contributed by atoms with Gasteiger partial charge in [-0.05, 0) is 18.9 Å². The molecule has 2 unspecified atom stereocenters. The van der Waals surface area contributed by atoms with Crippen LogP contribution in [0, 0.1) is 11.8 Å². The molecule has 0 amide bonds. The van der Waals surface area contributed by atoms with Gasteiger partial charge in [-0.15, -0.1) is 0 Å². The van der Waals surface area contributed by atoms with E-state index in [-0.39, 0.29) is 0 Å². The lowest BCUT2D eigenvalue weighted by Gasteiger charge is -2.03. The Morgan fingerprint density at radius 1 is 1.00 bits per heavy atom. The zero-order chi connectivity index (χ0) is 8.15. The molecule has 1 heteroatoms. The van der Waals surface area contributed by atoms with Crippen molar-refractivity contribution in [2.24, 2.45) is 11.8 Å². The van der Waals surface area contributed by atoms with E-state index in [2.05, 4.69) is 25.8 Å². The Morgan fingerprint density at radius 2 is 1.30 bits per heavy atom.